The summed E-state index contributed by atoms with van der Waals surface area (Å²) in [4.78, 5) is 32.7. The minimum atomic E-state index is -0.783. The Balaban J connectivity index is 3.16. The monoisotopic (exact) mass is 267 g/mol. The first kappa shape index (κ1) is 14.4. The molecule has 0 heterocycles. The molecule has 0 atom stereocenters. The summed E-state index contributed by atoms with van der Waals surface area (Å²) in [5.41, 5.74) is 4.27. The number of rotatable bonds is 6. The molecule has 0 radical (unpaired) electrons. The zero-order valence-electron chi connectivity index (χ0n) is 10.2. The first-order valence-electron chi connectivity index (χ1n) is 5.44. The molecule has 0 aliphatic rings. The van der Waals surface area contributed by atoms with Crippen molar-refractivity contribution in [3.8, 4) is 5.75 Å². The Morgan fingerprint density at radius 2 is 2.16 bits per heavy atom. The Kier molecular flexibility index (Phi) is 4.81. The Morgan fingerprint density at radius 1 is 1.47 bits per heavy atom. The highest BCUT2D eigenvalue weighted by molar-refractivity contribution is 6.02. The van der Waals surface area contributed by atoms with E-state index in [0.717, 1.165) is 0 Å². The third-order valence-electron chi connectivity index (χ3n) is 2.15. The van der Waals surface area contributed by atoms with Gasteiger partial charge in [0.15, 0.2) is 5.56 Å². The standard InChI is InChI=1S/C11H13N3O5/c1-2-19-8-5-3-4-7(14(17)18)10(8)11(16)13-6-9(12)15/h3-5H,2,6H2,1H3,(H2,12,15)(H,13,16). The van der Waals surface area contributed by atoms with Crippen LogP contribution in [0.5, 0.6) is 5.75 Å². The highest BCUT2D eigenvalue weighted by Crippen LogP contribution is 2.28. The van der Waals surface area contributed by atoms with E-state index in [9.17, 15) is 19.7 Å². The van der Waals surface area contributed by atoms with Gasteiger partial charge in [-0.1, -0.05) is 6.07 Å². The van der Waals surface area contributed by atoms with E-state index in [0.29, 0.717) is 0 Å². The van der Waals surface area contributed by atoms with Gasteiger partial charge in [-0.2, -0.15) is 0 Å². The number of carbonyl (C=O) groups excluding carboxylic acids is 2. The van der Waals surface area contributed by atoms with Gasteiger partial charge in [-0.05, 0) is 13.0 Å². The molecule has 19 heavy (non-hydrogen) atoms. The van der Waals surface area contributed by atoms with Crippen LogP contribution in [0.1, 0.15) is 17.3 Å². The molecular weight excluding hydrogens is 254 g/mol. The van der Waals surface area contributed by atoms with Crippen molar-refractivity contribution >= 4 is 17.5 Å². The van der Waals surface area contributed by atoms with E-state index in [1.54, 1.807) is 6.92 Å². The number of carbonyl (C=O) groups is 2. The summed E-state index contributed by atoms with van der Waals surface area (Å²) in [6.07, 6.45) is 0. The van der Waals surface area contributed by atoms with Crippen LogP contribution >= 0.6 is 0 Å². The fourth-order valence-corrected chi connectivity index (χ4v) is 1.43. The molecule has 8 nitrogen and oxygen atoms in total. The number of amides is 2. The van der Waals surface area contributed by atoms with Gasteiger partial charge >= 0.3 is 0 Å². The molecule has 0 aliphatic heterocycles. The molecule has 8 heteroatoms. The normalized spacial score (nSPS) is 9.74. The number of nitrogens with two attached hydrogens (primary N) is 1. The summed E-state index contributed by atoms with van der Waals surface area (Å²) < 4.78 is 5.17. The van der Waals surface area contributed by atoms with Crippen LogP contribution in [-0.2, 0) is 4.79 Å². The number of hydrogen-bond acceptors (Lipinski definition) is 5. The van der Waals surface area contributed by atoms with Crippen LogP contribution in [0.3, 0.4) is 0 Å². The second-order valence-corrected chi connectivity index (χ2v) is 3.49. The second kappa shape index (κ2) is 6.34. The predicted octanol–water partition coefficient (Wildman–Crippen LogP) is 0.209. The molecule has 2 amide bonds. The topological polar surface area (TPSA) is 125 Å². The number of nitrogens with zero attached hydrogens (tertiary/aromatic N) is 1. The fraction of sp³-hybridized carbons (Fsp3) is 0.273. The lowest BCUT2D eigenvalue weighted by atomic mass is 10.1. The van der Waals surface area contributed by atoms with Crippen molar-refractivity contribution in [1.82, 2.24) is 5.32 Å². The Morgan fingerprint density at radius 3 is 2.68 bits per heavy atom. The van der Waals surface area contributed by atoms with Crippen LogP contribution in [0.15, 0.2) is 18.2 Å². The minimum Gasteiger partial charge on any atom is -0.493 e. The molecule has 102 valence electrons. The SMILES string of the molecule is CCOc1cccc([N+](=O)[O-])c1C(=O)NCC(N)=O. The van der Waals surface area contributed by atoms with Crippen molar-refractivity contribution in [2.24, 2.45) is 5.73 Å². The number of ether oxygens (including phenoxy) is 1. The largest absolute Gasteiger partial charge is 0.493 e. The van der Waals surface area contributed by atoms with Gasteiger partial charge in [-0.25, -0.2) is 0 Å². The van der Waals surface area contributed by atoms with Gasteiger partial charge in [0.05, 0.1) is 18.1 Å². The molecular formula is C11H13N3O5. The number of hydrogen-bond donors (Lipinski definition) is 2. The molecule has 0 unspecified atom stereocenters. The van der Waals surface area contributed by atoms with Crippen molar-refractivity contribution in [2.45, 2.75) is 6.92 Å². The highest BCUT2D eigenvalue weighted by atomic mass is 16.6. The zero-order chi connectivity index (χ0) is 14.4. The molecule has 1 aromatic rings. The smallest absolute Gasteiger partial charge is 0.285 e. The maximum absolute atomic E-state index is 11.9. The minimum absolute atomic E-state index is 0.0821. The number of nitro benzene ring substituents is 1. The van der Waals surface area contributed by atoms with Crippen molar-refractivity contribution in [1.29, 1.82) is 0 Å². The van der Waals surface area contributed by atoms with E-state index in [2.05, 4.69) is 5.32 Å². The van der Waals surface area contributed by atoms with E-state index in [4.69, 9.17) is 10.5 Å². The third kappa shape index (κ3) is 3.66. The van der Waals surface area contributed by atoms with Gasteiger partial charge in [0.25, 0.3) is 11.6 Å². The third-order valence-corrected chi connectivity index (χ3v) is 2.15. The van der Waals surface area contributed by atoms with E-state index >= 15 is 0 Å². The molecule has 0 spiro atoms. The van der Waals surface area contributed by atoms with Gasteiger partial charge in [0.2, 0.25) is 5.91 Å². The predicted molar refractivity (Wildman–Crippen MR) is 65.8 cm³/mol. The molecule has 0 saturated carbocycles. The van der Waals surface area contributed by atoms with Crippen LogP contribution in [0, 0.1) is 10.1 Å². The van der Waals surface area contributed by atoms with E-state index in [1.807, 2.05) is 0 Å². The van der Waals surface area contributed by atoms with Gasteiger partial charge < -0.3 is 15.8 Å². The van der Waals surface area contributed by atoms with E-state index in [-0.39, 0.29) is 17.9 Å². The number of benzene rings is 1. The average molecular weight is 267 g/mol. The lowest BCUT2D eigenvalue weighted by Gasteiger charge is -2.10. The van der Waals surface area contributed by atoms with Gasteiger partial charge in [-0.3, -0.25) is 19.7 Å². The lowest BCUT2D eigenvalue weighted by Crippen LogP contribution is -2.33. The van der Waals surface area contributed by atoms with Crippen LogP contribution in [0.25, 0.3) is 0 Å². The van der Waals surface area contributed by atoms with Crippen molar-refractivity contribution in [3.63, 3.8) is 0 Å². The summed E-state index contributed by atoms with van der Waals surface area (Å²) in [7, 11) is 0. The highest BCUT2D eigenvalue weighted by Gasteiger charge is 2.25. The van der Waals surface area contributed by atoms with Crippen molar-refractivity contribution < 1.29 is 19.2 Å². The first-order chi connectivity index (χ1) is 8.97. The Labute approximate surface area is 108 Å². The molecule has 0 saturated heterocycles. The Bertz CT molecular complexity index is 515. The molecule has 0 aromatic heterocycles. The maximum Gasteiger partial charge on any atom is 0.285 e. The fourth-order valence-electron chi connectivity index (χ4n) is 1.43. The van der Waals surface area contributed by atoms with E-state index < -0.39 is 29.0 Å². The lowest BCUT2D eigenvalue weighted by molar-refractivity contribution is -0.385. The Hall–Kier alpha value is -2.64. The van der Waals surface area contributed by atoms with Crippen molar-refractivity contribution in [3.05, 3.63) is 33.9 Å². The second-order valence-electron chi connectivity index (χ2n) is 3.49. The molecule has 1 rings (SSSR count). The van der Waals surface area contributed by atoms with Gasteiger partial charge in [-0.15, -0.1) is 0 Å². The maximum atomic E-state index is 11.9. The summed E-state index contributed by atoms with van der Waals surface area (Å²) in [5.74, 6) is -1.45. The quantitative estimate of drug-likeness (QED) is 0.563. The average Bonchev–Trinajstić information content (AvgIpc) is 2.36. The molecule has 1 aromatic carbocycles. The number of nitro groups is 1. The van der Waals surface area contributed by atoms with Gasteiger partial charge in [0.1, 0.15) is 5.75 Å². The summed E-state index contributed by atoms with van der Waals surface area (Å²) in [5, 5.41) is 13.1. The van der Waals surface area contributed by atoms with E-state index in [1.165, 1.54) is 18.2 Å². The van der Waals surface area contributed by atoms with Crippen LogP contribution < -0.4 is 15.8 Å². The summed E-state index contributed by atoms with van der Waals surface area (Å²) >= 11 is 0. The zero-order valence-corrected chi connectivity index (χ0v) is 10.2. The molecule has 0 bridgehead atoms. The van der Waals surface area contributed by atoms with Crippen LogP contribution in [-0.4, -0.2) is 29.9 Å². The van der Waals surface area contributed by atoms with Crippen molar-refractivity contribution in [2.75, 3.05) is 13.2 Å². The van der Waals surface area contributed by atoms with Gasteiger partial charge in [0, 0.05) is 6.07 Å². The number of primary amides is 1. The van der Waals surface area contributed by atoms with Crippen LogP contribution in [0.4, 0.5) is 5.69 Å². The molecule has 3 N–H and O–H groups in total. The van der Waals surface area contributed by atoms with Crippen LogP contribution in [0.2, 0.25) is 0 Å². The molecule has 0 fully saturated rings. The summed E-state index contributed by atoms with van der Waals surface area (Å²) in [6.45, 7) is 1.53. The summed E-state index contributed by atoms with van der Waals surface area (Å²) in [6, 6.07) is 4.03. The molecule has 0 aliphatic carbocycles. The first-order valence-corrected chi connectivity index (χ1v) is 5.44. The number of nitrogens with one attached hydrogen (secondary N) is 1.